The van der Waals surface area contributed by atoms with Crippen molar-refractivity contribution in [3.05, 3.63) is 59.6 Å². The third-order valence-corrected chi connectivity index (χ3v) is 6.74. The average molecular weight is 409 g/mol. The molecule has 5 nitrogen and oxygen atoms in total. The van der Waals surface area contributed by atoms with Crippen LogP contribution in [0.2, 0.25) is 0 Å². The van der Waals surface area contributed by atoms with Crippen LogP contribution in [0.5, 0.6) is 0 Å². The van der Waals surface area contributed by atoms with E-state index in [0.717, 1.165) is 64.2 Å². The predicted molar refractivity (Wildman–Crippen MR) is 114 cm³/mol. The van der Waals surface area contributed by atoms with Crippen molar-refractivity contribution in [1.29, 1.82) is 0 Å². The number of thioether (sulfide) groups is 1. The Morgan fingerprint density at radius 3 is 2.93 bits per heavy atom. The smallest absolute Gasteiger partial charge is 0.191 e. The summed E-state index contributed by atoms with van der Waals surface area (Å²) in [4.78, 5) is 5.92. The van der Waals surface area contributed by atoms with E-state index in [4.69, 9.17) is 9.72 Å². The summed E-state index contributed by atoms with van der Waals surface area (Å²) in [6.07, 6.45) is 2.47. The maximum Gasteiger partial charge on any atom is 0.191 e. The molecular weight excluding hydrogens is 388 g/mol. The molecule has 1 aliphatic heterocycles. The van der Waals surface area contributed by atoms with Crippen LogP contribution in [0, 0.1) is 0 Å². The molecule has 1 unspecified atom stereocenters. The van der Waals surface area contributed by atoms with Gasteiger partial charge >= 0.3 is 0 Å². The van der Waals surface area contributed by atoms with Crippen LogP contribution in [0.3, 0.4) is 0 Å². The maximum atomic E-state index is 5.87. The van der Waals surface area contributed by atoms with Crippen LogP contribution in [0.25, 0.3) is 21.6 Å². The number of benzene rings is 1. The second-order valence-corrected chi connectivity index (χ2v) is 8.70. The minimum absolute atomic E-state index is 0.243. The summed E-state index contributed by atoms with van der Waals surface area (Å²) < 4.78 is 8.09. The third kappa shape index (κ3) is 3.70. The zero-order chi connectivity index (χ0) is 18.8. The Labute approximate surface area is 171 Å². The van der Waals surface area contributed by atoms with Gasteiger partial charge < -0.3 is 4.74 Å². The molecule has 0 bridgehead atoms. The average Bonchev–Trinajstić information content (AvgIpc) is 3.49. The molecule has 0 amide bonds. The largest absolute Gasteiger partial charge is 0.376 e. The fourth-order valence-electron chi connectivity index (χ4n) is 3.47. The minimum Gasteiger partial charge on any atom is -0.376 e. The number of hydrogen-bond acceptors (Lipinski definition) is 6. The SMILES string of the molecule is c1csc(-c2nnc(SCc3ccc4ccccc4n3)n2CC2CCCO2)c1. The molecule has 1 fully saturated rings. The molecule has 1 atom stereocenters. The van der Waals surface area contributed by atoms with E-state index in [1.54, 1.807) is 23.1 Å². The molecule has 1 aromatic carbocycles. The molecule has 28 heavy (non-hydrogen) atoms. The Balaban J connectivity index is 1.40. The van der Waals surface area contributed by atoms with Crippen molar-refractivity contribution in [3.63, 3.8) is 0 Å². The van der Waals surface area contributed by atoms with Gasteiger partial charge in [-0.15, -0.1) is 21.5 Å². The Kier molecular flexibility index (Phi) is 5.12. The first-order valence-corrected chi connectivity index (χ1v) is 11.3. The highest BCUT2D eigenvalue weighted by Gasteiger charge is 2.22. The van der Waals surface area contributed by atoms with Crippen molar-refractivity contribution in [2.75, 3.05) is 6.61 Å². The molecule has 0 spiro atoms. The Bertz CT molecular complexity index is 1070. The lowest BCUT2D eigenvalue weighted by Crippen LogP contribution is -2.16. The van der Waals surface area contributed by atoms with E-state index < -0.39 is 0 Å². The second-order valence-electron chi connectivity index (χ2n) is 6.81. The van der Waals surface area contributed by atoms with Crippen LogP contribution in [0.1, 0.15) is 18.5 Å². The van der Waals surface area contributed by atoms with E-state index >= 15 is 0 Å². The third-order valence-electron chi connectivity index (χ3n) is 4.87. The molecule has 0 radical (unpaired) electrons. The number of hydrogen-bond donors (Lipinski definition) is 0. The van der Waals surface area contributed by atoms with E-state index in [2.05, 4.69) is 56.5 Å². The van der Waals surface area contributed by atoms with Crippen LogP contribution in [-0.4, -0.2) is 32.5 Å². The monoisotopic (exact) mass is 408 g/mol. The zero-order valence-corrected chi connectivity index (χ0v) is 17.0. The number of rotatable bonds is 6. The fraction of sp³-hybridized carbons (Fsp3) is 0.286. The molecule has 1 aliphatic rings. The first-order valence-electron chi connectivity index (χ1n) is 9.43. The first-order chi connectivity index (χ1) is 13.9. The van der Waals surface area contributed by atoms with Gasteiger partial charge in [-0.1, -0.05) is 42.1 Å². The van der Waals surface area contributed by atoms with Crippen molar-refractivity contribution >= 4 is 34.0 Å². The molecule has 4 heterocycles. The Morgan fingerprint density at radius 2 is 2.07 bits per heavy atom. The molecule has 1 saturated heterocycles. The van der Waals surface area contributed by atoms with Crippen molar-refractivity contribution in [2.45, 2.75) is 36.4 Å². The molecule has 142 valence electrons. The molecule has 0 aliphatic carbocycles. The van der Waals surface area contributed by atoms with Crippen molar-refractivity contribution in [3.8, 4) is 10.7 Å². The van der Waals surface area contributed by atoms with Gasteiger partial charge in [0.2, 0.25) is 0 Å². The van der Waals surface area contributed by atoms with Gasteiger partial charge in [-0.25, -0.2) is 0 Å². The summed E-state index contributed by atoms with van der Waals surface area (Å²) in [5, 5.41) is 13.1. The fourth-order valence-corrected chi connectivity index (χ4v) is 5.04. The lowest BCUT2D eigenvalue weighted by Gasteiger charge is -2.14. The molecular formula is C21H20N4OS2. The van der Waals surface area contributed by atoms with Crippen molar-refractivity contribution < 1.29 is 4.74 Å². The van der Waals surface area contributed by atoms with Gasteiger partial charge in [0.1, 0.15) is 0 Å². The van der Waals surface area contributed by atoms with E-state index in [1.807, 2.05) is 12.1 Å². The summed E-state index contributed by atoms with van der Waals surface area (Å²) in [5.74, 6) is 1.69. The highest BCUT2D eigenvalue weighted by atomic mass is 32.2. The topological polar surface area (TPSA) is 52.8 Å². The van der Waals surface area contributed by atoms with Gasteiger partial charge in [-0.3, -0.25) is 9.55 Å². The van der Waals surface area contributed by atoms with E-state index in [0.29, 0.717) is 0 Å². The van der Waals surface area contributed by atoms with Crippen LogP contribution < -0.4 is 0 Å². The van der Waals surface area contributed by atoms with Gasteiger partial charge in [-0.05, 0) is 36.4 Å². The van der Waals surface area contributed by atoms with Gasteiger partial charge in [0.15, 0.2) is 11.0 Å². The van der Waals surface area contributed by atoms with Crippen molar-refractivity contribution in [1.82, 2.24) is 19.7 Å². The molecule has 3 aromatic heterocycles. The van der Waals surface area contributed by atoms with Gasteiger partial charge in [-0.2, -0.15) is 0 Å². The number of para-hydroxylation sites is 1. The maximum absolute atomic E-state index is 5.87. The quantitative estimate of drug-likeness (QED) is 0.419. The van der Waals surface area contributed by atoms with Crippen LogP contribution in [0.15, 0.2) is 59.1 Å². The minimum atomic E-state index is 0.243. The number of pyridine rings is 1. The molecule has 5 rings (SSSR count). The number of aromatic nitrogens is 4. The van der Waals surface area contributed by atoms with Gasteiger partial charge in [0, 0.05) is 17.7 Å². The summed E-state index contributed by atoms with van der Waals surface area (Å²) in [7, 11) is 0. The lowest BCUT2D eigenvalue weighted by molar-refractivity contribution is 0.0953. The summed E-state index contributed by atoms with van der Waals surface area (Å²) in [5.41, 5.74) is 2.08. The lowest BCUT2D eigenvalue weighted by atomic mass is 10.2. The van der Waals surface area contributed by atoms with E-state index in [9.17, 15) is 0 Å². The number of thiophene rings is 1. The normalized spacial score (nSPS) is 16.8. The zero-order valence-electron chi connectivity index (χ0n) is 15.3. The summed E-state index contributed by atoms with van der Waals surface area (Å²) in [6.45, 7) is 1.65. The van der Waals surface area contributed by atoms with Crippen molar-refractivity contribution in [2.24, 2.45) is 0 Å². The summed E-state index contributed by atoms with van der Waals surface area (Å²) in [6, 6.07) is 16.6. The Hall–Kier alpha value is -2.22. The first kappa shape index (κ1) is 17.8. The highest BCUT2D eigenvalue weighted by Crippen LogP contribution is 2.30. The van der Waals surface area contributed by atoms with E-state index in [-0.39, 0.29) is 6.10 Å². The van der Waals surface area contributed by atoms with Crippen LogP contribution >= 0.6 is 23.1 Å². The molecule has 7 heteroatoms. The molecule has 0 N–H and O–H groups in total. The van der Waals surface area contributed by atoms with Crippen LogP contribution in [0.4, 0.5) is 0 Å². The standard InChI is InChI=1S/C21H20N4OS2/c1-2-7-18-15(5-1)9-10-16(22-18)14-28-21-24-23-20(19-8-4-12-27-19)25(21)13-17-6-3-11-26-17/h1-2,4-5,7-10,12,17H,3,6,11,13-14H2. The predicted octanol–water partition coefficient (Wildman–Crippen LogP) is 5.03. The molecule has 0 saturated carbocycles. The van der Waals surface area contributed by atoms with Crippen LogP contribution in [-0.2, 0) is 17.0 Å². The highest BCUT2D eigenvalue weighted by molar-refractivity contribution is 7.98. The number of ether oxygens (including phenoxy) is 1. The van der Waals surface area contributed by atoms with Gasteiger partial charge in [0.25, 0.3) is 0 Å². The number of nitrogens with zero attached hydrogens (tertiary/aromatic N) is 4. The summed E-state index contributed by atoms with van der Waals surface area (Å²) >= 11 is 3.38. The van der Waals surface area contributed by atoms with Gasteiger partial charge in [0.05, 0.1) is 28.7 Å². The number of fused-ring (bicyclic) bond motifs is 1. The van der Waals surface area contributed by atoms with E-state index in [1.165, 1.54) is 0 Å². The second kappa shape index (κ2) is 8.03. The Morgan fingerprint density at radius 1 is 1.11 bits per heavy atom. The molecule has 4 aromatic rings.